The average Bonchev–Trinajstić information content (AvgIpc) is 2.78. The lowest BCUT2D eigenvalue weighted by Gasteiger charge is -2.31. The summed E-state index contributed by atoms with van der Waals surface area (Å²) < 4.78 is 27.1. The van der Waals surface area contributed by atoms with Crippen molar-refractivity contribution in [3.05, 3.63) is 65.7 Å². The molecule has 1 aliphatic heterocycles. The lowest BCUT2D eigenvalue weighted by atomic mass is 10.1. The topological polar surface area (TPSA) is 95.6 Å². The molecule has 0 spiro atoms. The van der Waals surface area contributed by atoms with E-state index in [9.17, 15) is 18.0 Å². The Labute approximate surface area is 177 Å². The molecule has 0 radical (unpaired) electrons. The quantitative estimate of drug-likeness (QED) is 0.703. The number of nitrogens with zero attached hydrogens (tertiary/aromatic N) is 1. The van der Waals surface area contributed by atoms with Crippen LogP contribution in [0.25, 0.3) is 0 Å². The van der Waals surface area contributed by atoms with Gasteiger partial charge in [0.2, 0.25) is 15.9 Å². The molecule has 0 atom stereocenters. The third kappa shape index (κ3) is 5.46. The van der Waals surface area contributed by atoms with Crippen LogP contribution in [0.3, 0.4) is 0 Å². The summed E-state index contributed by atoms with van der Waals surface area (Å²) in [5, 5.41) is 5.47. The first-order valence-electron chi connectivity index (χ1n) is 10.1. The number of sulfonamides is 1. The van der Waals surface area contributed by atoms with Gasteiger partial charge >= 0.3 is 0 Å². The molecule has 2 amide bonds. The molecule has 0 saturated carbocycles. The molecule has 8 heteroatoms. The highest BCUT2D eigenvalue weighted by atomic mass is 32.2. The largest absolute Gasteiger partial charge is 0.352 e. The van der Waals surface area contributed by atoms with E-state index in [1.165, 1.54) is 4.31 Å². The van der Waals surface area contributed by atoms with Gasteiger partial charge in [0.25, 0.3) is 5.91 Å². The van der Waals surface area contributed by atoms with Gasteiger partial charge in [0.15, 0.2) is 0 Å². The second-order valence-electron chi connectivity index (χ2n) is 7.29. The molecule has 3 rings (SSSR count). The fraction of sp³-hybridized carbons (Fsp3) is 0.364. The van der Waals surface area contributed by atoms with E-state index in [-0.39, 0.29) is 24.4 Å². The van der Waals surface area contributed by atoms with Gasteiger partial charge < -0.3 is 10.6 Å². The van der Waals surface area contributed by atoms with Gasteiger partial charge in [-0.15, -0.1) is 0 Å². The summed E-state index contributed by atoms with van der Waals surface area (Å²) in [5.41, 5.74) is 1.59. The van der Waals surface area contributed by atoms with E-state index in [0.29, 0.717) is 36.4 Å². The second-order valence-corrected chi connectivity index (χ2v) is 9.23. The molecule has 7 nitrogen and oxygen atoms in total. The summed E-state index contributed by atoms with van der Waals surface area (Å²) in [5.74, 6) is -0.587. The van der Waals surface area contributed by atoms with Gasteiger partial charge in [0, 0.05) is 24.7 Å². The van der Waals surface area contributed by atoms with Crippen molar-refractivity contribution in [2.45, 2.75) is 37.1 Å². The van der Waals surface area contributed by atoms with Crippen LogP contribution in [0.4, 0.5) is 0 Å². The van der Waals surface area contributed by atoms with Gasteiger partial charge in [-0.05, 0) is 49.1 Å². The number of hydrogen-bond acceptors (Lipinski definition) is 4. The van der Waals surface area contributed by atoms with E-state index in [1.54, 1.807) is 36.4 Å². The van der Waals surface area contributed by atoms with Crippen molar-refractivity contribution < 1.29 is 18.0 Å². The number of hydrogen-bond donors (Lipinski definition) is 2. The zero-order valence-electron chi connectivity index (χ0n) is 17.0. The first kappa shape index (κ1) is 22.0. The summed E-state index contributed by atoms with van der Waals surface area (Å²) in [6.07, 6.45) is 1.92. The summed E-state index contributed by atoms with van der Waals surface area (Å²) in [7, 11) is -3.53. The molecule has 160 valence electrons. The molecule has 30 heavy (non-hydrogen) atoms. The third-order valence-corrected chi connectivity index (χ3v) is 7.15. The molecule has 1 saturated heterocycles. The van der Waals surface area contributed by atoms with Crippen molar-refractivity contribution in [3.63, 3.8) is 0 Å². The number of benzene rings is 2. The molecule has 1 heterocycles. The van der Waals surface area contributed by atoms with Crippen molar-refractivity contribution in [2.75, 3.05) is 19.6 Å². The molecule has 0 aliphatic carbocycles. The summed E-state index contributed by atoms with van der Waals surface area (Å²) >= 11 is 0. The molecule has 2 aromatic rings. The number of amides is 2. The van der Waals surface area contributed by atoms with Crippen LogP contribution in [0, 0.1) is 0 Å². The molecule has 0 unspecified atom stereocenters. The Kier molecular flexibility index (Phi) is 7.23. The minimum atomic E-state index is -3.53. The SMILES string of the molecule is CCc1ccc(S(=O)(=O)N2CCC(NC(=O)CNC(=O)c3ccccc3)CC2)cc1. The van der Waals surface area contributed by atoms with Gasteiger partial charge in [-0.25, -0.2) is 8.42 Å². The highest BCUT2D eigenvalue weighted by molar-refractivity contribution is 7.89. The van der Waals surface area contributed by atoms with Crippen molar-refractivity contribution in [3.8, 4) is 0 Å². The first-order chi connectivity index (χ1) is 14.4. The third-order valence-electron chi connectivity index (χ3n) is 5.23. The number of carbonyl (C=O) groups excluding carboxylic acids is 2. The molecule has 2 N–H and O–H groups in total. The lowest BCUT2D eigenvalue weighted by molar-refractivity contribution is -0.121. The van der Waals surface area contributed by atoms with Crippen molar-refractivity contribution in [1.29, 1.82) is 0 Å². The van der Waals surface area contributed by atoms with Gasteiger partial charge in [0.05, 0.1) is 11.4 Å². The average molecular weight is 430 g/mol. The minimum Gasteiger partial charge on any atom is -0.352 e. The number of aryl methyl sites for hydroxylation is 1. The molecular weight excluding hydrogens is 402 g/mol. The molecule has 0 aromatic heterocycles. The molecule has 0 bridgehead atoms. The van der Waals surface area contributed by atoms with E-state index in [4.69, 9.17) is 0 Å². The smallest absolute Gasteiger partial charge is 0.251 e. The Hall–Kier alpha value is -2.71. The summed E-state index contributed by atoms with van der Waals surface area (Å²) in [6, 6.07) is 15.6. The Morgan fingerprint density at radius 3 is 2.23 bits per heavy atom. The summed E-state index contributed by atoms with van der Waals surface area (Å²) in [6.45, 7) is 2.60. The standard InChI is InChI=1S/C22H27N3O4S/c1-2-17-8-10-20(11-9-17)30(28,29)25-14-12-19(13-15-25)24-21(26)16-23-22(27)18-6-4-3-5-7-18/h3-11,19H,2,12-16H2,1H3,(H,23,27)(H,24,26). The fourth-order valence-electron chi connectivity index (χ4n) is 3.42. The second kappa shape index (κ2) is 9.86. The van der Waals surface area contributed by atoms with Crippen LogP contribution in [-0.4, -0.2) is 50.2 Å². The zero-order valence-corrected chi connectivity index (χ0v) is 17.8. The number of rotatable bonds is 7. The fourth-order valence-corrected chi connectivity index (χ4v) is 4.89. The number of carbonyl (C=O) groups is 2. The van der Waals surface area contributed by atoms with Gasteiger partial charge in [-0.1, -0.05) is 37.3 Å². The monoisotopic (exact) mass is 429 g/mol. The lowest BCUT2D eigenvalue weighted by Crippen LogP contribution is -2.48. The number of piperidine rings is 1. The molecular formula is C22H27N3O4S. The van der Waals surface area contributed by atoms with E-state index < -0.39 is 10.0 Å². The maximum atomic E-state index is 12.8. The van der Waals surface area contributed by atoms with Gasteiger partial charge in [0.1, 0.15) is 0 Å². The Balaban J connectivity index is 1.46. The van der Waals surface area contributed by atoms with E-state index in [1.807, 2.05) is 25.1 Å². The Bertz CT molecular complexity index is 967. The van der Waals surface area contributed by atoms with Crippen LogP contribution in [0.5, 0.6) is 0 Å². The highest BCUT2D eigenvalue weighted by Gasteiger charge is 2.29. The van der Waals surface area contributed by atoms with Crippen LogP contribution < -0.4 is 10.6 Å². The van der Waals surface area contributed by atoms with Crippen molar-refractivity contribution in [2.24, 2.45) is 0 Å². The normalized spacial score (nSPS) is 15.5. The van der Waals surface area contributed by atoms with E-state index in [2.05, 4.69) is 10.6 Å². The van der Waals surface area contributed by atoms with Crippen molar-refractivity contribution >= 4 is 21.8 Å². The summed E-state index contributed by atoms with van der Waals surface area (Å²) in [4.78, 5) is 24.5. The highest BCUT2D eigenvalue weighted by Crippen LogP contribution is 2.21. The molecule has 2 aromatic carbocycles. The predicted octanol–water partition coefficient (Wildman–Crippen LogP) is 1.95. The number of nitrogens with one attached hydrogen (secondary N) is 2. The Morgan fingerprint density at radius 1 is 1.00 bits per heavy atom. The van der Waals surface area contributed by atoms with Crippen LogP contribution in [0.2, 0.25) is 0 Å². The maximum Gasteiger partial charge on any atom is 0.251 e. The van der Waals surface area contributed by atoms with Crippen LogP contribution in [0.15, 0.2) is 59.5 Å². The van der Waals surface area contributed by atoms with Crippen molar-refractivity contribution in [1.82, 2.24) is 14.9 Å². The zero-order chi connectivity index (χ0) is 21.6. The van der Waals surface area contributed by atoms with Gasteiger partial charge in [-0.2, -0.15) is 4.31 Å². The van der Waals surface area contributed by atoms with Crippen LogP contribution >= 0.6 is 0 Å². The van der Waals surface area contributed by atoms with Crippen LogP contribution in [0.1, 0.15) is 35.7 Å². The van der Waals surface area contributed by atoms with Gasteiger partial charge in [-0.3, -0.25) is 9.59 Å². The predicted molar refractivity (Wildman–Crippen MR) is 115 cm³/mol. The maximum absolute atomic E-state index is 12.8. The molecule has 1 fully saturated rings. The first-order valence-corrected chi connectivity index (χ1v) is 11.6. The Morgan fingerprint density at radius 2 is 1.63 bits per heavy atom. The molecule has 1 aliphatic rings. The van der Waals surface area contributed by atoms with E-state index in [0.717, 1.165) is 12.0 Å². The van der Waals surface area contributed by atoms with Crippen LogP contribution in [-0.2, 0) is 21.2 Å². The minimum absolute atomic E-state index is 0.111. The van der Waals surface area contributed by atoms with E-state index >= 15 is 0 Å².